The number of nitrogens with one attached hydrogen (secondary N) is 3. The van der Waals surface area contributed by atoms with Crippen molar-refractivity contribution in [2.45, 2.75) is 50.1 Å². The third-order valence-electron chi connectivity index (χ3n) is 5.73. The molecule has 0 saturated carbocycles. The normalized spacial score (nSPS) is 17.3. The van der Waals surface area contributed by atoms with Crippen molar-refractivity contribution in [3.05, 3.63) is 64.2 Å². The lowest BCUT2D eigenvalue weighted by atomic mass is 10.0. The number of rotatable bonds is 16. The highest BCUT2D eigenvalue weighted by atomic mass is 35.5. The van der Waals surface area contributed by atoms with Crippen molar-refractivity contribution in [3.63, 3.8) is 0 Å². The maximum Gasteiger partial charge on any atom is 0.232 e. The predicted molar refractivity (Wildman–Crippen MR) is 175 cm³/mol. The summed E-state index contributed by atoms with van der Waals surface area (Å²) < 4.78 is 63.8. The van der Waals surface area contributed by atoms with Gasteiger partial charge in [0.05, 0.1) is 17.6 Å². The molecule has 3 rings (SSSR count). The molecule has 0 aliphatic heterocycles. The van der Waals surface area contributed by atoms with Crippen LogP contribution in [0, 0.1) is 0 Å². The van der Waals surface area contributed by atoms with E-state index in [1.165, 1.54) is 0 Å². The molecule has 0 aliphatic rings. The number of aliphatic hydroxyl groups excluding tert-OH is 5. The minimum Gasteiger partial charge on any atom is -0.394 e. The number of guanidine groups is 2. The molecule has 0 unspecified atom stereocenters. The fourth-order valence-corrected chi connectivity index (χ4v) is 3.65. The van der Waals surface area contributed by atoms with E-state index in [1.54, 1.807) is 0 Å². The van der Waals surface area contributed by atoms with E-state index in [1.807, 2.05) is 0 Å². The number of aliphatic hydroxyl groups is 5. The first-order valence-corrected chi connectivity index (χ1v) is 14.2. The fourth-order valence-electron chi connectivity index (χ4n) is 3.46. The molecule has 0 spiro atoms. The van der Waals surface area contributed by atoms with Gasteiger partial charge in [-0.3, -0.25) is 4.99 Å². The Hall–Kier alpha value is -3.83. The van der Waals surface area contributed by atoms with Crippen molar-refractivity contribution < 1.29 is 36.5 Å². The van der Waals surface area contributed by atoms with Gasteiger partial charge in [0, 0.05) is 34.5 Å². The van der Waals surface area contributed by atoms with Crippen LogP contribution in [0.2, 0.25) is 10.0 Å². The van der Waals surface area contributed by atoms with Gasteiger partial charge in [-0.25, -0.2) is 0 Å². The number of benzene rings is 2. The van der Waals surface area contributed by atoms with E-state index < -0.39 is 90.2 Å². The molecule has 17 heteroatoms. The zero-order valence-electron chi connectivity index (χ0n) is 31.6. The van der Waals surface area contributed by atoms with E-state index in [-0.39, 0.29) is 53.3 Å². The number of unbranched alkanes of at least 4 members (excludes halogenated alkanes) is 3. The van der Waals surface area contributed by atoms with Gasteiger partial charge in [0.15, 0.2) is 5.82 Å². The van der Waals surface area contributed by atoms with E-state index in [0.29, 0.717) is 25.7 Å². The fraction of sp³-hybridized carbons (Fsp3) is 0.393. The highest BCUT2D eigenvalue weighted by Gasteiger charge is 2.33. The number of halogens is 2. The van der Waals surface area contributed by atoms with Gasteiger partial charge in [-0.05, 0) is 61.2 Å². The molecule has 1 heterocycles. The van der Waals surface area contributed by atoms with E-state index in [0.717, 1.165) is 0 Å². The Morgan fingerprint density at radius 2 is 1.42 bits per heavy atom. The highest BCUT2D eigenvalue weighted by molar-refractivity contribution is 6.30. The maximum absolute atomic E-state index is 10.7. The van der Waals surface area contributed by atoms with Crippen molar-refractivity contribution in [1.82, 2.24) is 15.0 Å². The van der Waals surface area contributed by atoms with Crippen molar-refractivity contribution in [2.24, 2.45) is 21.5 Å². The number of aliphatic imine (C=N–C) groups is 2. The van der Waals surface area contributed by atoms with E-state index in [4.69, 9.17) is 50.7 Å². The average Bonchev–Trinajstić information content (AvgIpc) is 3.14. The molecule has 0 saturated heterocycles. The van der Waals surface area contributed by atoms with Crippen LogP contribution in [0.15, 0.2) is 58.3 Å². The zero-order chi connectivity index (χ0) is 39.7. The first kappa shape index (κ1) is 25.4. The second-order valence-corrected chi connectivity index (χ2v) is 9.98. The summed E-state index contributed by atoms with van der Waals surface area (Å²) in [5.74, 6) is -1.51. The summed E-state index contributed by atoms with van der Waals surface area (Å²) in [5.41, 5.74) is 11.0. The topological polar surface area (TPSA) is 253 Å². The van der Waals surface area contributed by atoms with Crippen LogP contribution < -0.4 is 27.4 Å². The number of nitrogens with two attached hydrogens (primary N) is 2. The van der Waals surface area contributed by atoms with Gasteiger partial charge in [0.25, 0.3) is 0 Å². The Bertz CT molecular complexity index is 1790. The zero-order valence-corrected chi connectivity index (χ0v) is 25.2. The van der Waals surface area contributed by atoms with Crippen LogP contribution in [-0.2, 0) is 0 Å². The predicted octanol–water partition coefficient (Wildman–Crippen LogP) is 1.74. The van der Waals surface area contributed by atoms with Crippen LogP contribution >= 0.6 is 23.2 Å². The van der Waals surface area contributed by atoms with E-state index in [9.17, 15) is 20.4 Å². The molecule has 12 N–H and O–H groups in total. The molecule has 15 nitrogen and oxygen atoms in total. The summed E-state index contributed by atoms with van der Waals surface area (Å²) in [7, 11) is 0. The number of hydrogen-bond donors (Lipinski definition) is 10. The second kappa shape index (κ2) is 18.2. The monoisotopic (exact) mass is 672 g/mol. The molecule has 3 aromatic rings. The van der Waals surface area contributed by atoms with Gasteiger partial charge in [-0.2, -0.15) is 19.9 Å². The Balaban J connectivity index is 1.63. The summed E-state index contributed by atoms with van der Waals surface area (Å²) in [6.45, 7) is -0.354. The second-order valence-electron chi connectivity index (χ2n) is 9.22. The average molecular weight is 674 g/mol. The highest BCUT2D eigenvalue weighted by Crippen LogP contribution is 2.22. The molecule has 0 aliphatic carbocycles. The summed E-state index contributed by atoms with van der Waals surface area (Å²) in [6, 6.07) is -3.90. The number of aromatic nitrogens is 3. The van der Waals surface area contributed by atoms with Crippen LogP contribution in [0.5, 0.6) is 0 Å². The van der Waals surface area contributed by atoms with Gasteiger partial charge in [0.1, 0.15) is 24.4 Å². The van der Waals surface area contributed by atoms with E-state index >= 15 is 0 Å². The Morgan fingerprint density at radius 3 is 2.07 bits per heavy atom. The molecule has 0 bridgehead atoms. The van der Waals surface area contributed by atoms with Crippen LogP contribution in [0.3, 0.4) is 0 Å². The quantitative estimate of drug-likeness (QED) is 0.0592. The Morgan fingerprint density at radius 1 is 0.822 bits per heavy atom. The van der Waals surface area contributed by atoms with Crippen LogP contribution in [0.1, 0.15) is 48.6 Å². The van der Waals surface area contributed by atoms with E-state index in [2.05, 4.69) is 40.9 Å². The SMILES string of the molecule is [2H]c1c([2H])c(NC(N)=NC(N)=NCCCCCCNc2nc(Nc3c([2H])c([2H])c(Cl)c([2H])c3[2H])nc([C@H](O)[C@@H](O)[C@H](O)[C@H](O)CO)n2)c([2H])c([2H])c1Cl. The maximum atomic E-state index is 10.7. The van der Waals surface area contributed by atoms with Crippen LogP contribution in [0.4, 0.5) is 23.3 Å². The number of nitrogens with zero attached hydrogens (tertiary/aromatic N) is 5. The summed E-state index contributed by atoms with van der Waals surface area (Å²) in [6.07, 6.45) is -5.33. The molecular weight excluding hydrogens is 627 g/mol. The summed E-state index contributed by atoms with van der Waals surface area (Å²) >= 11 is 11.7. The minimum atomic E-state index is -2.06. The van der Waals surface area contributed by atoms with Crippen LogP contribution in [-0.4, -0.2) is 90.4 Å². The Kier molecular flexibility index (Phi) is 10.3. The largest absolute Gasteiger partial charge is 0.394 e. The van der Waals surface area contributed by atoms with Crippen molar-refractivity contribution in [2.75, 3.05) is 35.6 Å². The molecule has 4 atom stereocenters. The Labute approximate surface area is 281 Å². The molecule has 0 radical (unpaired) electrons. The number of anilines is 4. The molecular formula is C28H38Cl2N10O5. The van der Waals surface area contributed by atoms with Crippen molar-refractivity contribution in [1.29, 1.82) is 0 Å². The lowest BCUT2D eigenvalue weighted by molar-refractivity contribution is -0.118. The number of hydrogen-bond acceptors (Lipinski definition) is 11. The van der Waals surface area contributed by atoms with Gasteiger partial charge in [-0.1, -0.05) is 36.0 Å². The van der Waals surface area contributed by atoms with Gasteiger partial charge in [0.2, 0.25) is 23.8 Å². The third-order valence-corrected chi connectivity index (χ3v) is 6.11. The van der Waals surface area contributed by atoms with Gasteiger partial charge < -0.3 is 53.0 Å². The van der Waals surface area contributed by atoms with Gasteiger partial charge >= 0.3 is 0 Å². The first-order valence-electron chi connectivity index (χ1n) is 17.4. The first-order chi connectivity index (χ1) is 24.9. The van der Waals surface area contributed by atoms with Gasteiger partial charge in [-0.15, -0.1) is 0 Å². The lowest BCUT2D eigenvalue weighted by Gasteiger charge is -2.25. The molecule has 0 fully saturated rings. The summed E-state index contributed by atoms with van der Waals surface area (Å²) in [5, 5.41) is 57.3. The molecule has 0 amide bonds. The molecule has 2 aromatic carbocycles. The van der Waals surface area contributed by atoms with Crippen molar-refractivity contribution in [3.8, 4) is 0 Å². The smallest absolute Gasteiger partial charge is 0.232 e. The summed E-state index contributed by atoms with van der Waals surface area (Å²) in [4.78, 5) is 20.2. The molecule has 45 heavy (non-hydrogen) atoms. The molecule has 1 aromatic heterocycles. The third kappa shape index (κ3) is 12.2. The lowest BCUT2D eigenvalue weighted by Crippen LogP contribution is -2.43. The minimum absolute atomic E-state index is 0.141. The standard InChI is InChI=1S/C28H38Cl2N10O5/c29-16-5-9-18(10-6-16)35-26(32)39-25(31)33-13-3-1-2-4-14-34-27-37-24(23(45)22(44)21(43)20(42)15-41)38-28(40-27)36-19-11-7-17(30)8-12-19/h5-12,20-23,41-45H,1-4,13-15H2,(H5,31,32,33,35,39)(H2,34,36,37,38,40)/t20-,21-,22+,23-/m1/s1/i5D,6D,7D,8D,9D,10D,11D,12D. The van der Waals surface area contributed by atoms with Crippen LogP contribution in [0.25, 0.3) is 0 Å². The molecule has 244 valence electrons. The van der Waals surface area contributed by atoms with Crippen molar-refractivity contribution >= 4 is 58.4 Å².